The molecule has 0 aliphatic heterocycles. The molecule has 3 aromatic rings. The van der Waals surface area contributed by atoms with E-state index in [1.807, 2.05) is 0 Å². The first-order valence-corrected chi connectivity index (χ1v) is 9.12. The van der Waals surface area contributed by atoms with Crippen molar-refractivity contribution in [3.8, 4) is 5.75 Å². The molecule has 8 nitrogen and oxygen atoms in total. The number of nitrogens with zero attached hydrogens (tertiary/aromatic N) is 1. The quantitative estimate of drug-likeness (QED) is 0.190. The van der Waals surface area contributed by atoms with Gasteiger partial charge in [-0.1, -0.05) is 6.07 Å². The Morgan fingerprint density at radius 3 is 2.14 bits per heavy atom. The molecule has 1 aromatic heterocycles. The van der Waals surface area contributed by atoms with Gasteiger partial charge in [0.25, 0.3) is 5.69 Å². The van der Waals surface area contributed by atoms with Gasteiger partial charge in [-0.25, -0.2) is 9.59 Å². The van der Waals surface area contributed by atoms with Crippen molar-refractivity contribution in [2.24, 2.45) is 0 Å². The Morgan fingerprint density at radius 1 is 0.897 bits per heavy atom. The molecular weight excluding hydrogens is 398 g/mol. The fourth-order valence-electron chi connectivity index (χ4n) is 2.27. The Kier molecular flexibility index (Phi) is 6.10. The molecule has 0 saturated carbocycles. The van der Waals surface area contributed by atoms with Crippen LogP contribution in [0, 0.1) is 10.1 Å². The van der Waals surface area contributed by atoms with E-state index >= 15 is 0 Å². The molecule has 1 heterocycles. The van der Waals surface area contributed by atoms with E-state index in [1.54, 1.807) is 17.5 Å². The molecule has 9 heteroatoms. The number of nitro groups is 1. The number of carbonyl (C=O) groups excluding carboxylic acids is 3. The fourth-order valence-corrected chi connectivity index (χ4v) is 2.89. The Morgan fingerprint density at radius 2 is 1.55 bits per heavy atom. The predicted octanol–water partition coefficient (Wildman–Crippen LogP) is 3.92. The number of esters is 2. The number of benzene rings is 2. The van der Waals surface area contributed by atoms with Crippen LogP contribution >= 0.6 is 11.3 Å². The van der Waals surface area contributed by atoms with Crippen LogP contribution in [0.1, 0.15) is 30.4 Å². The fraction of sp³-hybridized carbons (Fsp3) is 0.0500. The molecule has 2 aromatic carbocycles. The average molecular weight is 411 g/mol. The van der Waals surface area contributed by atoms with E-state index in [0.717, 1.165) is 0 Å². The molecule has 0 spiro atoms. The summed E-state index contributed by atoms with van der Waals surface area (Å²) < 4.78 is 10.1. The topological polar surface area (TPSA) is 113 Å². The van der Waals surface area contributed by atoms with Crippen LogP contribution < -0.4 is 4.74 Å². The molecule has 0 radical (unpaired) electrons. The van der Waals surface area contributed by atoms with Crippen LogP contribution in [0.2, 0.25) is 0 Å². The first kappa shape index (κ1) is 19.9. The molecule has 29 heavy (non-hydrogen) atoms. The molecule has 0 atom stereocenters. The highest BCUT2D eigenvalue weighted by Crippen LogP contribution is 2.17. The first-order chi connectivity index (χ1) is 13.9. The number of hydrogen-bond acceptors (Lipinski definition) is 8. The van der Waals surface area contributed by atoms with Gasteiger partial charge in [0.2, 0.25) is 0 Å². The number of thiophene rings is 1. The van der Waals surface area contributed by atoms with Crippen molar-refractivity contribution >= 4 is 34.7 Å². The van der Waals surface area contributed by atoms with Gasteiger partial charge in [0, 0.05) is 17.7 Å². The highest BCUT2D eigenvalue weighted by Gasteiger charge is 2.14. The largest absolute Gasteiger partial charge is 0.453 e. The highest BCUT2D eigenvalue weighted by molar-refractivity contribution is 7.11. The minimum atomic E-state index is -0.691. The van der Waals surface area contributed by atoms with Crippen LogP contribution in [0.5, 0.6) is 5.75 Å². The standard InChI is InChI=1S/C20H13NO7S/c22-17(12-27-20(24)18-2-1-11-29-18)13-5-9-16(10-6-13)28-19(23)14-3-7-15(8-4-14)21(25)26/h1-11H,12H2. The van der Waals surface area contributed by atoms with Gasteiger partial charge in [-0.15, -0.1) is 11.3 Å². The number of nitro benzene ring substituents is 1. The lowest BCUT2D eigenvalue weighted by molar-refractivity contribution is -0.384. The predicted molar refractivity (Wildman–Crippen MR) is 103 cm³/mol. The molecule has 0 N–H and O–H groups in total. The van der Waals surface area contributed by atoms with Crippen molar-refractivity contribution in [1.29, 1.82) is 0 Å². The molecule has 0 saturated heterocycles. The van der Waals surface area contributed by atoms with Crippen molar-refractivity contribution in [2.75, 3.05) is 6.61 Å². The van der Waals surface area contributed by atoms with Crippen molar-refractivity contribution in [1.82, 2.24) is 0 Å². The first-order valence-electron chi connectivity index (χ1n) is 8.24. The lowest BCUT2D eigenvalue weighted by atomic mass is 10.1. The SMILES string of the molecule is O=C(COC(=O)c1cccs1)c1ccc(OC(=O)c2ccc([N+](=O)[O-])cc2)cc1. The number of hydrogen-bond donors (Lipinski definition) is 0. The van der Waals surface area contributed by atoms with Gasteiger partial charge >= 0.3 is 11.9 Å². The second-order valence-corrected chi connectivity index (χ2v) is 6.64. The number of Topliss-reactive ketones (excluding diaryl/α,β-unsaturated/α-hetero) is 1. The molecule has 3 rings (SSSR count). The molecule has 0 aliphatic rings. The van der Waals surface area contributed by atoms with Crippen LogP contribution in [0.25, 0.3) is 0 Å². The summed E-state index contributed by atoms with van der Waals surface area (Å²) in [5.74, 6) is -1.46. The summed E-state index contributed by atoms with van der Waals surface area (Å²) in [7, 11) is 0. The summed E-state index contributed by atoms with van der Waals surface area (Å²) in [4.78, 5) is 46.4. The second-order valence-electron chi connectivity index (χ2n) is 5.69. The van der Waals surface area contributed by atoms with Crippen molar-refractivity contribution in [3.05, 3.63) is 92.2 Å². The molecule has 0 amide bonds. The van der Waals surface area contributed by atoms with Crippen molar-refractivity contribution < 1.29 is 28.8 Å². The maximum absolute atomic E-state index is 12.1. The highest BCUT2D eigenvalue weighted by atomic mass is 32.1. The number of carbonyl (C=O) groups is 3. The molecule has 0 unspecified atom stereocenters. The summed E-state index contributed by atoms with van der Waals surface area (Å²) >= 11 is 1.22. The lowest BCUT2D eigenvalue weighted by Crippen LogP contribution is -2.13. The Hall–Kier alpha value is -3.85. The number of non-ortho nitro benzene ring substituents is 1. The van der Waals surface area contributed by atoms with Crippen molar-refractivity contribution in [3.63, 3.8) is 0 Å². The monoisotopic (exact) mass is 411 g/mol. The Bertz CT molecular complexity index is 1040. The van der Waals surface area contributed by atoms with E-state index < -0.39 is 29.3 Å². The van der Waals surface area contributed by atoms with E-state index in [9.17, 15) is 24.5 Å². The summed E-state index contributed by atoms with van der Waals surface area (Å²) in [6.07, 6.45) is 0. The number of ether oxygens (including phenoxy) is 2. The third-order valence-electron chi connectivity index (χ3n) is 3.76. The van der Waals surface area contributed by atoms with Gasteiger partial charge in [-0.2, -0.15) is 0 Å². The maximum Gasteiger partial charge on any atom is 0.348 e. The van der Waals surface area contributed by atoms with E-state index in [0.29, 0.717) is 10.4 Å². The number of rotatable bonds is 7. The maximum atomic E-state index is 12.1. The second kappa shape index (κ2) is 8.89. The van der Waals surface area contributed by atoms with E-state index in [2.05, 4.69) is 0 Å². The van der Waals surface area contributed by atoms with Gasteiger partial charge in [0.05, 0.1) is 10.5 Å². The van der Waals surface area contributed by atoms with Crippen LogP contribution in [-0.2, 0) is 4.74 Å². The summed E-state index contributed by atoms with van der Waals surface area (Å²) in [6, 6.07) is 14.0. The molecular formula is C20H13NO7S. The zero-order valence-electron chi connectivity index (χ0n) is 14.8. The smallest absolute Gasteiger partial charge is 0.348 e. The van der Waals surface area contributed by atoms with Crippen LogP contribution in [0.3, 0.4) is 0 Å². The average Bonchev–Trinajstić information content (AvgIpc) is 3.27. The van der Waals surface area contributed by atoms with Crippen LogP contribution in [0.15, 0.2) is 66.0 Å². The molecule has 146 valence electrons. The third-order valence-corrected chi connectivity index (χ3v) is 4.61. The zero-order chi connectivity index (χ0) is 20.8. The minimum absolute atomic E-state index is 0.135. The lowest BCUT2D eigenvalue weighted by Gasteiger charge is -2.06. The summed E-state index contributed by atoms with van der Waals surface area (Å²) in [6.45, 7) is -0.404. The molecule has 0 aliphatic carbocycles. The van der Waals surface area contributed by atoms with Gasteiger partial charge < -0.3 is 9.47 Å². The number of ketones is 1. The van der Waals surface area contributed by atoms with Crippen LogP contribution in [-0.4, -0.2) is 29.3 Å². The normalized spacial score (nSPS) is 10.2. The van der Waals surface area contributed by atoms with E-state index in [-0.39, 0.29) is 17.0 Å². The van der Waals surface area contributed by atoms with Crippen molar-refractivity contribution in [2.45, 2.75) is 0 Å². The van der Waals surface area contributed by atoms with Gasteiger partial charge in [-0.3, -0.25) is 14.9 Å². The van der Waals surface area contributed by atoms with Crippen LogP contribution in [0.4, 0.5) is 5.69 Å². The minimum Gasteiger partial charge on any atom is -0.453 e. The Labute approximate surface area is 168 Å². The summed E-state index contributed by atoms with van der Waals surface area (Å²) in [5.41, 5.74) is 0.305. The van der Waals surface area contributed by atoms with Gasteiger partial charge in [0.15, 0.2) is 12.4 Å². The molecule has 0 fully saturated rings. The van der Waals surface area contributed by atoms with Gasteiger partial charge in [-0.05, 0) is 47.8 Å². The van der Waals surface area contributed by atoms with E-state index in [1.165, 1.54) is 59.9 Å². The summed E-state index contributed by atoms with van der Waals surface area (Å²) in [5, 5.41) is 12.4. The third kappa shape index (κ3) is 5.11. The molecule has 0 bridgehead atoms. The van der Waals surface area contributed by atoms with E-state index in [4.69, 9.17) is 9.47 Å². The Balaban J connectivity index is 1.56. The zero-order valence-corrected chi connectivity index (χ0v) is 15.6. The van der Waals surface area contributed by atoms with Gasteiger partial charge in [0.1, 0.15) is 10.6 Å².